The minimum Gasteiger partial charge on any atom is -0.369 e. The van der Waals surface area contributed by atoms with Gasteiger partial charge in [0.25, 0.3) is 0 Å². The summed E-state index contributed by atoms with van der Waals surface area (Å²) in [6.07, 6.45) is 11.8. The third kappa shape index (κ3) is 5.80. The first-order chi connectivity index (χ1) is 12.3. The van der Waals surface area contributed by atoms with Crippen LogP contribution in [-0.2, 0) is 23.7 Å². The lowest BCUT2D eigenvalue weighted by Crippen LogP contribution is -2.38. The molecular formula is C21H34O5. The van der Waals surface area contributed by atoms with Crippen LogP contribution in [0.25, 0.3) is 0 Å². The zero-order valence-electron chi connectivity index (χ0n) is 16.9. The summed E-state index contributed by atoms with van der Waals surface area (Å²) in [6.45, 7) is 8.93. The predicted octanol–water partition coefficient (Wildman–Crippen LogP) is 3.81. The molecule has 0 saturated carbocycles. The van der Waals surface area contributed by atoms with Crippen LogP contribution >= 0.6 is 0 Å². The second kappa shape index (κ2) is 9.34. The molecule has 0 N–H and O–H groups in total. The fourth-order valence-electron chi connectivity index (χ4n) is 3.63. The highest BCUT2D eigenvalue weighted by molar-refractivity contribution is 5.04. The van der Waals surface area contributed by atoms with Gasteiger partial charge in [-0.15, -0.1) is 12.3 Å². The molecule has 2 rings (SSSR count). The number of methoxy groups -OCH3 is 1. The van der Waals surface area contributed by atoms with E-state index in [1.807, 2.05) is 13.8 Å². The van der Waals surface area contributed by atoms with Gasteiger partial charge >= 0.3 is 0 Å². The Bertz CT molecular complexity index is 521. The van der Waals surface area contributed by atoms with Crippen molar-refractivity contribution in [2.75, 3.05) is 20.5 Å². The van der Waals surface area contributed by atoms with Gasteiger partial charge in [-0.05, 0) is 47.0 Å². The van der Waals surface area contributed by atoms with E-state index >= 15 is 0 Å². The first-order valence-electron chi connectivity index (χ1n) is 9.49. The van der Waals surface area contributed by atoms with E-state index in [1.54, 1.807) is 7.11 Å². The summed E-state index contributed by atoms with van der Waals surface area (Å²) in [6, 6.07) is 0. The van der Waals surface area contributed by atoms with Gasteiger partial charge in [0, 0.05) is 20.0 Å². The highest BCUT2D eigenvalue weighted by Crippen LogP contribution is 2.40. The average Bonchev–Trinajstić information content (AvgIpc) is 3.11. The second-order valence-electron chi connectivity index (χ2n) is 7.93. The number of hydrogen-bond acceptors (Lipinski definition) is 5. The van der Waals surface area contributed by atoms with Crippen LogP contribution < -0.4 is 0 Å². The van der Waals surface area contributed by atoms with Crippen molar-refractivity contribution in [1.29, 1.82) is 0 Å². The Balaban J connectivity index is 1.97. The van der Waals surface area contributed by atoms with Gasteiger partial charge in [-0.25, -0.2) is 0 Å². The third-order valence-corrected chi connectivity index (χ3v) is 5.16. The van der Waals surface area contributed by atoms with Gasteiger partial charge < -0.3 is 23.7 Å². The van der Waals surface area contributed by atoms with E-state index in [0.29, 0.717) is 6.61 Å². The maximum absolute atomic E-state index is 6.38. The van der Waals surface area contributed by atoms with E-state index in [-0.39, 0.29) is 25.1 Å². The number of ether oxygens (including phenoxy) is 5. The van der Waals surface area contributed by atoms with Crippen molar-refractivity contribution in [2.45, 2.75) is 89.5 Å². The summed E-state index contributed by atoms with van der Waals surface area (Å²) in [7, 11) is 1.64. The molecule has 0 aromatic heterocycles. The molecule has 5 heteroatoms. The van der Waals surface area contributed by atoms with Gasteiger partial charge in [-0.3, -0.25) is 0 Å². The number of hydrogen-bond donors (Lipinski definition) is 0. The molecule has 0 amide bonds. The van der Waals surface area contributed by atoms with Gasteiger partial charge in [0.2, 0.25) is 0 Å². The smallest absolute Gasteiger partial charge is 0.163 e. The summed E-state index contributed by atoms with van der Waals surface area (Å²) < 4.78 is 29.3. The highest BCUT2D eigenvalue weighted by Gasteiger charge is 2.51. The molecule has 0 aromatic rings. The summed E-state index contributed by atoms with van der Waals surface area (Å²) in [5, 5.41) is 0. The van der Waals surface area contributed by atoms with E-state index in [1.165, 1.54) is 5.57 Å². The molecule has 0 bridgehead atoms. The molecule has 0 unspecified atom stereocenters. The summed E-state index contributed by atoms with van der Waals surface area (Å²) in [5.74, 6) is 2.12. The fraction of sp³-hybridized carbons (Fsp3) is 0.810. The van der Waals surface area contributed by atoms with Gasteiger partial charge in [0.1, 0.15) is 12.9 Å². The van der Waals surface area contributed by atoms with Gasteiger partial charge in [-0.2, -0.15) is 0 Å². The van der Waals surface area contributed by atoms with Gasteiger partial charge in [0.15, 0.2) is 5.79 Å². The van der Waals surface area contributed by atoms with Crippen LogP contribution in [0.4, 0.5) is 0 Å². The molecule has 2 saturated heterocycles. The standard InChI is InChI=1S/C21H34O5/c1-7-8-9-10-16(2)11-12-19-21(5,24-15-22-6)13-17(25-19)18-14-23-20(3,4)26-18/h1,10,17-19H,8-9,11-15H2,2-6H3/b16-10+/t17-,18+,19-,21+/m0/s1. The normalized spacial score (nSPS) is 34.2. The van der Waals surface area contributed by atoms with Gasteiger partial charge in [0.05, 0.1) is 24.4 Å². The average molecular weight is 366 g/mol. The van der Waals surface area contributed by atoms with Crippen molar-refractivity contribution in [1.82, 2.24) is 0 Å². The van der Waals surface area contributed by atoms with Crippen molar-refractivity contribution < 1.29 is 23.7 Å². The van der Waals surface area contributed by atoms with E-state index in [2.05, 4.69) is 25.8 Å². The van der Waals surface area contributed by atoms with Crippen molar-refractivity contribution >= 4 is 0 Å². The molecule has 26 heavy (non-hydrogen) atoms. The maximum atomic E-state index is 6.38. The van der Waals surface area contributed by atoms with Crippen LogP contribution in [0.5, 0.6) is 0 Å². The zero-order valence-corrected chi connectivity index (χ0v) is 16.9. The zero-order chi connectivity index (χ0) is 19.2. The molecule has 2 aliphatic rings. The monoisotopic (exact) mass is 366 g/mol. The number of rotatable bonds is 9. The summed E-state index contributed by atoms with van der Waals surface area (Å²) >= 11 is 0. The Morgan fingerprint density at radius 3 is 2.69 bits per heavy atom. The number of unbranched alkanes of at least 4 members (excludes halogenated alkanes) is 1. The van der Waals surface area contributed by atoms with E-state index in [0.717, 1.165) is 32.1 Å². The van der Waals surface area contributed by atoms with Crippen LogP contribution in [0.3, 0.4) is 0 Å². The molecule has 5 nitrogen and oxygen atoms in total. The molecule has 0 radical (unpaired) electrons. The summed E-state index contributed by atoms with van der Waals surface area (Å²) in [5.41, 5.74) is 0.943. The topological polar surface area (TPSA) is 46.2 Å². The van der Waals surface area contributed by atoms with Crippen LogP contribution in [0.2, 0.25) is 0 Å². The van der Waals surface area contributed by atoms with E-state index in [9.17, 15) is 0 Å². The molecule has 2 fully saturated rings. The summed E-state index contributed by atoms with van der Waals surface area (Å²) in [4.78, 5) is 0. The van der Waals surface area contributed by atoms with E-state index < -0.39 is 11.4 Å². The molecule has 0 aromatic carbocycles. The molecule has 148 valence electrons. The van der Waals surface area contributed by atoms with Crippen molar-refractivity contribution in [3.63, 3.8) is 0 Å². The van der Waals surface area contributed by atoms with Crippen molar-refractivity contribution in [3.8, 4) is 12.3 Å². The maximum Gasteiger partial charge on any atom is 0.163 e. The first kappa shape index (κ1) is 21.4. The Morgan fingerprint density at radius 2 is 2.08 bits per heavy atom. The van der Waals surface area contributed by atoms with Crippen molar-refractivity contribution in [3.05, 3.63) is 11.6 Å². The molecule has 2 heterocycles. The second-order valence-corrected chi connectivity index (χ2v) is 7.93. The van der Waals surface area contributed by atoms with E-state index in [4.69, 9.17) is 30.1 Å². The highest BCUT2D eigenvalue weighted by atomic mass is 16.8. The lowest BCUT2D eigenvalue weighted by molar-refractivity contribution is -0.160. The predicted molar refractivity (Wildman–Crippen MR) is 101 cm³/mol. The SMILES string of the molecule is C#CCC/C=C(\C)CC[C@@H]1O[C@H]([C@H]2COC(C)(C)O2)C[C@@]1(C)OCOC. The largest absolute Gasteiger partial charge is 0.369 e. The van der Waals surface area contributed by atoms with Crippen molar-refractivity contribution in [2.24, 2.45) is 0 Å². The molecule has 0 spiro atoms. The molecule has 4 atom stereocenters. The lowest BCUT2D eigenvalue weighted by Gasteiger charge is -2.29. The third-order valence-electron chi connectivity index (χ3n) is 5.16. The van der Waals surface area contributed by atoms with Crippen LogP contribution in [0.15, 0.2) is 11.6 Å². The fourth-order valence-corrected chi connectivity index (χ4v) is 3.63. The number of terminal acetylenes is 1. The molecular weight excluding hydrogens is 332 g/mol. The molecule has 0 aliphatic carbocycles. The Kier molecular flexibility index (Phi) is 7.69. The first-order valence-corrected chi connectivity index (χ1v) is 9.49. The van der Waals surface area contributed by atoms with Gasteiger partial charge in [-0.1, -0.05) is 11.6 Å². The Morgan fingerprint density at radius 1 is 1.31 bits per heavy atom. The Labute approximate surface area is 158 Å². The molecule has 2 aliphatic heterocycles. The quantitative estimate of drug-likeness (QED) is 0.269. The number of allylic oxidation sites excluding steroid dienone is 2. The lowest BCUT2D eigenvalue weighted by atomic mass is 9.90. The minimum atomic E-state index is -0.549. The Hall–Kier alpha value is -0.900. The van der Waals surface area contributed by atoms with Crippen LogP contribution in [0.1, 0.15) is 59.8 Å². The van der Waals surface area contributed by atoms with Crippen LogP contribution in [-0.4, -0.2) is 50.2 Å². The van der Waals surface area contributed by atoms with Crippen LogP contribution in [0, 0.1) is 12.3 Å². The minimum absolute atomic E-state index is 0.00838.